The summed E-state index contributed by atoms with van der Waals surface area (Å²) in [6.07, 6.45) is 4.31. The highest BCUT2D eigenvalue weighted by Crippen LogP contribution is 2.42. The summed E-state index contributed by atoms with van der Waals surface area (Å²) in [6.45, 7) is 2.14. The first kappa shape index (κ1) is 11.5. The first-order valence-corrected chi connectivity index (χ1v) is 6.04. The van der Waals surface area contributed by atoms with Crippen molar-refractivity contribution >= 4 is 0 Å². The van der Waals surface area contributed by atoms with Gasteiger partial charge in [0, 0.05) is 0 Å². The molecule has 0 bridgehead atoms. The van der Waals surface area contributed by atoms with Crippen LogP contribution in [0, 0.1) is 5.92 Å². The lowest BCUT2D eigenvalue weighted by atomic mass is 9.72. The van der Waals surface area contributed by atoms with E-state index < -0.39 is 5.60 Å². The Labute approximate surface area is 97.3 Å². The third kappa shape index (κ3) is 1.94. The summed E-state index contributed by atoms with van der Waals surface area (Å²) in [7, 11) is 1.66. The zero-order valence-corrected chi connectivity index (χ0v) is 10.1. The highest BCUT2D eigenvalue weighted by molar-refractivity contribution is 5.33. The van der Waals surface area contributed by atoms with E-state index in [9.17, 15) is 5.11 Å². The van der Waals surface area contributed by atoms with Gasteiger partial charge in [-0.1, -0.05) is 31.9 Å². The summed E-state index contributed by atoms with van der Waals surface area (Å²) in [4.78, 5) is 0. The van der Waals surface area contributed by atoms with Gasteiger partial charge in [0.2, 0.25) is 0 Å². The SMILES string of the molecule is COc1cccc(C2(O)CCCCC2C)c1. The largest absolute Gasteiger partial charge is 0.497 e. The van der Waals surface area contributed by atoms with Gasteiger partial charge >= 0.3 is 0 Å². The molecule has 1 aliphatic rings. The van der Waals surface area contributed by atoms with Crippen LogP contribution in [0.5, 0.6) is 5.75 Å². The van der Waals surface area contributed by atoms with Crippen molar-refractivity contribution < 1.29 is 9.84 Å². The molecule has 0 amide bonds. The van der Waals surface area contributed by atoms with E-state index in [-0.39, 0.29) is 0 Å². The van der Waals surface area contributed by atoms with E-state index in [4.69, 9.17) is 4.74 Å². The van der Waals surface area contributed by atoms with Gasteiger partial charge in [-0.15, -0.1) is 0 Å². The second kappa shape index (κ2) is 4.46. The predicted octanol–water partition coefficient (Wildman–Crippen LogP) is 3.09. The first-order valence-electron chi connectivity index (χ1n) is 6.04. The fourth-order valence-electron chi connectivity index (χ4n) is 2.65. The summed E-state index contributed by atoms with van der Waals surface area (Å²) in [5.41, 5.74) is 0.339. The van der Waals surface area contributed by atoms with E-state index in [1.165, 1.54) is 6.42 Å². The number of hydrogen-bond donors (Lipinski definition) is 1. The molecule has 0 heterocycles. The van der Waals surface area contributed by atoms with Gasteiger partial charge in [-0.2, -0.15) is 0 Å². The number of hydrogen-bond acceptors (Lipinski definition) is 2. The summed E-state index contributed by atoms with van der Waals surface area (Å²) in [6, 6.07) is 7.83. The maximum Gasteiger partial charge on any atom is 0.119 e. The molecule has 1 aromatic carbocycles. The van der Waals surface area contributed by atoms with Crippen molar-refractivity contribution in [1.29, 1.82) is 0 Å². The minimum Gasteiger partial charge on any atom is -0.497 e. The van der Waals surface area contributed by atoms with Gasteiger partial charge in [0.25, 0.3) is 0 Å². The van der Waals surface area contributed by atoms with Crippen molar-refractivity contribution in [3.8, 4) is 5.75 Å². The molecule has 1 N–H and O–H groups in total. The Morgan fingerprint density at radius 3 is 2.88 bits per heavy atom. The third-order valence-electron chi connectivity index (χ3n) is 3.83. The van der Waals surface area contributed by atoms with E-state index >= 15 is 0 Å². The average molecular weight is 220 g/mol. The number of aliphatic hydroxyl groups is 1. The van der Waals surface area contributed by atoms with Crippen LogP contribution in [-0.4, -0.2) is 12.2 Å². The lowest BCUT2D eigenvalue weighted by Crippen LogP contribution is -2.36. The molecule has 1 fully saturated rings. The van der Waals surface area contributed by atoms with Crippen molar-refractivity contribution in [2.45, 2.75) is 38.2 Å². The van der Waals surface area contributed by atoms with Gasteiger partial charge in [0.05, 0.1) is 12.7 Å². The molecule has 1 aromatic rings. The maximum absolute atomic E-state index is 10.8. The van der Waals surface area contributed by atoms with Crippen LogP contribution in [0.4, 0.5) is 0 Å². The van der Waals surface area contributed by atoms with Gasteiger partial charge < -0.3 is 9.84 Å². The molecule has 2 nitrogen and oxygen atoms in total. The van der Waals surface area contributed by atoms with Crippen molar-refractivity contribution in [3.05, 3.63) is 29.8 Å². The zero-order valence-electron chi connectivity index (χ0n) is 10.1. The van der Waals surface area contributed by atoms with E-state index in [2.05, 4.69) is 6.92 Å². The van der Waals surface area contributed by atoms with Gasteiger partial charge in [0.1, 0.15) is 5.75 Å². The van der Waals surface area contributed by atoms with Crippen molar-refractivity contribution in [3.63, 3.8) is 0 Å². The van der Waals surface area contributed by atoms with E-state index in [1.54, 1.807) is 7.11 Å². The van der Waals surface area contributed by atoms with Crippen LogP contribution in [-0.2, 0) is 5.60 Å². The topological polar surface area (TPSA) is 29.5 Å². The van der Waals surface area contributed by atoms with Crippen LogP contribution in [0.2, 0.25) is 0 Å². The van der Waals surface area contributed by atoms with Crippen molar-refractivity contribution in [2.75, 3.05) is 7.11 Å². The van der Waals surface area contributed by atoms with E-state index in [0.29, 0.717) is 5.92 Å². The Hall–Kier alpha value is -1.02. The summed E-state index contributed by atoms with van der Waals surface area (Å²) < 4.78 is 5.21. The van der Waals surface area contributed by atoms with E-state index in [1.807, 2.05) is 24.3 Å². The van der Waals surface area contributed by atoms with Crippen LogP contribution >= 0.6 is 0 Å². The Kier molecular flexibility index (Phi) is 3.20. The number of rotatable bonds is 2. The lowest BCUT2D eigenvalue weighted by molar-refractivity contribution is -0.0470. The van der Waals surface area contributed by atoms with Crippen LogP contribution < -0.4 is 4.74 Å². The summed E-state index contributed by atoms with van der Waals surface area (Å²) >= 11 is 0. The van der Waals surface area contributed by atoms with Gasteiger partial charge in [-0.25, -0.2) is 0 Å². The van der Waals surface area contributed by atoms with Crippen LogP contribution in [0.25, 0.3) is 0 Å². The Bertz CT molecular complexity index is 362. The van der Waals surface area contributed by atoms with Crippen LogP contribution in [0.1, 0.15) is 38.2 Å². The van der Waals surface area contributed by atoms with Crippen molar-refractivity contribution in [1.82, 2.24) is 0 Å². The van der Waals surface area contributed by atoms with Crippen molar-refractivity contribution in [2.24, 2.45) is 5.92 Å². The first-order chi connectivity index (χ1) is 7.66. The molecule has 1 saturated carbocycles. The Morgan fingerprint density at radius 1 is 1.38 bits per heavy atom. The molecule has 2 rings (SSSR count). The number of ether oxygens (including phenoxy) is 1. The fraction of sp³-hybridized carbons (Fsp3) is 0.571. The molecule has 88 valence electrons. The molecule has 0 aromatic heterocycles. The number of benzene rings is 1. The molecule has 0 radical (unpaired) electrons. The Morgan fingerprint density at radius 2 is 2.19 bits per heavy atom. The van der Waals surface area contributed by atoms with E-state index in [0.717, 1.165) is 30.6 Å². The highest BCUT2D eigenvalue weighted by Gasteiger charge is 2.37. The molecule has 0 saturated heterocycles. The monoisotopic (exact) mass is 220 g/mol. The summed E-state index contributed by atoms with van der Waals surface area (Å²) in [5, 5.41) is 10.8. The van der Waals surface area contributed by atoms with Gasteiger partial charge in [0.15, 0.2) is 0 Å². The molecule has 1 aliphatic carbocycles. The lowest BCUT2D eigenvalue weighted by Gasteiger charge is -2.38. The van der Waals surface area contributed by atoms with Crippen LogP contribution in [0.3, 0.4) is 0 Å². The minimum absolute atomic E-state index is 0.327. The zero-order chi connectivity index (χ0) is 11.6. The van der Waals surface area contributed by atoms with Gasteiger partial charge in [-0.05, 0) is 36.5 Å². The molecule has 2 unspecified atom stereocenters. The quantitative estimate of drug-likeness (QED) is 0.830. The maximum atomic E-state index is 10.8. The molecule has 0 spiro atoms. The molecule has 0 aliphatic heterocycles. The molecule has 16 heavy (non-hydrogen) atoms. The highest BCUT2D eigenvalue weighted by atomic mass is 16.5. The normalized spacial score (nSPS) is 30.1. The standard InChI is InChI=1S/C14H20O2/c1-11-6-3-4-9-14(11,15)12-7-5-8-13(10-12)16-2/h5,7-8,10-11,15H,3-4,6,9H2,1-2H3. The molecule has 2 heteroatoms. The molecule has 2 atom stereocenters. The summed E-state index contributed by atoms with van der Waals surface area (Å²) in [5.74, 6) is 1.15. The predicted molar refractivity (Wildman–Crippen MR) is 64.5 cm³/mol. The Balaban J connectivity index is 2.33. The molecular weight excluding hydrogens is 200 g/mol. The fourth-order valence-corrected chi connectivity index (χ4v) is 2.65. The number of methoxy groups -OCH3 is 1. The smallest absolute Gasteiger partial charge is 0.119 e. The molecular formula is C14H20O2. The second-order valence-corrected chi connectivity index (χ2v) is 4.80. The van der Waals surface area contributed by atoms with Crippen LogP contribution in [0.15, 0.2) is 24.3 Å². The van der Waals surface area contributed by atoms with Gasteiger partial charge in [-0.3, -0.25) is 0 Å². The average Bonchev–Trinajstić information content (AvgIpc) is 2.33. The third-order valence-corrected chi connectivity index (χ3v) is 3.83. The second-order valence-electron chi connectivity index (χ2n) is 4.80. The minimum atomic E-state index is -0.660.